The molecule has 2 saturated carbocycles. The van der Waals surface area contributed by atoms with E-state index in [1.54, 1.807) is 7.11 Å². The van der Waals surface area contributed by atoms with E-state index >= 15 is 0 Å². The summed E-state index contributed by atoms with van der Waals surface area (Å²) in [6.45, 7) is 1.39. The summed E-state index contributed by atoms with van der Waals surface area (Å²) < 4.78 is 17.1. The molecule has 1 saturated heterocycles. The van der Waals surface area contributed by atoms with Crippen LogP contribution in [-0.4, -0.2) is 37.5 Å². The van der Waals surface area contributed by atoms with Gasteiger partial charge in [-0.2, -0.15) is 5.26 Å². The second kappa shape index (κ2) is 7.63. The van der Waals surface area contributed by atoms with Crippen LogP contribution in [0.25, 0.3) is 0 Å². The zero-order valence-electron chi connectivity index (χ0n) is 16.2. The number of hydrogen-bond acceptors (Lipinski definition) is 5. The summed E-state index contributed by atoms with van der Waals surface area (Å²) in [5.41, 5.74) is 0.387. The number of methoxy groups -OCH3 is 1. The highest BCUT2D eigenvalue weighted by molar-refractivity contribution is 5.70. The molecule has 28 heavy (non-hydrogen) atoms. The van der Waals surface area contributed by atoms with Crippen molar-refractivity contribution in [2.24, 2.45) is 17.8 Å². The van der Waals surface area contributed by atoms with Crippen LogP contribution < -0.4 is 9.47 Å². The largest absolute Gasteiger partial charge is 0.493 e. The van der Waals surface area contributed by atoms with E-state index in [1.165, 1.54) is 0 Å². The van der Waals surface area contributed by atoms with Gasteiger partial charge in [-0.25, -0.2) is 0 Å². The van der Waals surface area contributed by atoms with Crippen molar-refractivity contribution < 1.29 is 24.1 Å². The van der Waals surface area contributed by atoms with Crippen molar-refractivity contribution in [1.82, 2.24) is 0 Å². The van der Waals surface area contributed by atoms with Crippen molar-refractivity contribution in [3.63, 3.8) is 0 Å². The number of carboxylic acids is 1. The van der Waals surface area contributed by atoms with Gasteiger partial charge in [0.1, 0.15) is 6.10 Å². The molecule has 2 atom stereocenters. The number of aliphatic carboxylic acids is 1. The highest BCUT2D eigenvalue weighted by Crippen LogP contribution is 2.56. The maximum atomic E-state index is 11.3. The topological polar surface area (TPSA) is 88.8 Å². The summed E-state index contributed by atoms with van der Waals surface area (Å²) in [6, 6.07) is 8.39. The Morgan fingerprint density at radius 3 is 2.46 bits per heavy atom. The molecular weight excluding hydrogens is 358 g/mol. The Labute approximate surface area is 165 Å². The number of carboxylic acid groups (broad SMARTS) is 1. The average Bonchev–Trinajstić information content (AvgIpc) is 3.26. The van der Waals surface area contributed by atoms with Crippen LogP contribution >= 0.6 is 0 Å². The SMILES string of the molecule is COc1ccc(C2(C#N)CC3CC(C(=O)O)CC3C2)cc1OC1CCOCC1. The van der Waals surface area contributed by atoms with Gasteiger partial charge in [0.05, 0.1) is 37.7 Å². The molecule has 0 radical (unpaired) electrons. The third-order valence-electron chi connectivity index (χ3n) is 6.80. The van der Waals surface area contributed by atoms with Crippen molar-refractivity contribution in [3.05, 3.63) is 23.8 Å². The molecule has 1 aromatic rings. The molecule has 150 valence electrons. The van der Waals surface area contributed by atoms with Gasteiger partial charge in [0.25, 0.3) is 0 Å². The Bertz CT molecular complexity index is 766. The normalized spacial score (nSPS) is 32.5. The molecule has 0 spiro atoms. The summed E-state index contributed by atoms with van der Waals surface area (Å²) in [5, 5.41) is 19.4. The molecule has 0 bridgehead atoms. The average molecular weight is 385 g/mol. The molecule has 4 rings (SSSR count). The zero-order chi connectivity index (χ0) is 19.7. The fourth-order valence-electron chi connectivity index (χ4n) is 5.32. The summed E-state index contributed by atoms with van der Waals surface area (Å²) >= 11 is 0. The van der Waals surface area contributed by atoms with Gasteiger partial charge in [-0.05, 0) is 55.2 Å². The van der Waals surface area contributed by atoms with Crippen LogP contribution in [0.3, 0.4) is 0 Å². The molecule has 1 aliphatic heterocycles. The monoisotopic (exact) mass is 385 g/mol. The lowest BCUT2D eigenvalue weighted by atomic mass is 9.77. The molecule has 1 N–H and O–H groups in total. The van der Waals surface area contributed by atoms with Gasteiger partial charge in [0, 0.05) is 12.8 Å². The van der Waals surface area contributed by atoms with Crippen LogP contribution in [0.5, 0.6) is 11.5 Å². The van der Waals surface area contributed by atoms with E-state index in [-0.39, 0.29) is 12.0 Å². The predicted octanol–water partition coefficient (Wildman–Crippen LogP) is 3.54. The standard InChI is InChI=1S/C22H27NO5/c1-26-19-3-2-17(10-20(19)28-18-4-6-27-7-5-18)22(13-23)11-15-8-14(21(24)25)9-16(15)12-22/h2-3,10,14-16,18H,4-9,11-12H2,1H3,(H,24,25). The maximum absolute atomic E-state index is 11.3. The smallest absolute Gasteiger partial charge is 0.306 e. The number of ether oxygens (including phenoxy) is 3. The lowest BCUT2D eigenvalue weighted by Crippen LogP contribution is -2.26. The summed E-state index contributed by atoms with van der Waals surface area (Å²) in [6.07, 6.45) is 4.60. The molecule has 2 unspecified atom stereocenters. The van der Waals surface area contributed by atoms with Crippen molar-refractivity contribution in [2.45, 2.75) is 50.0 Å². The van der Waals surface area contributed by atoms with Crippen molar-refractivity contribution in [2.75, 3.05) is 20.3 Å². The Morgan fingerprint density at radius 2 is 1.89 bits per heavy atom. The Kier molecular flexibility index (Phi) is 5.20. The minimum Gasteiger partial charge on any atom is -0.493 e. The van der Waals surface area contributed by atoms with Gasteiger partial charge in [-0.15, -0.1) is 0 Å². The summed E-state index contributed by atoms with van der Waals surface area (Å²) in [7, 11) is 1.62. The molecule has 6 nitrogen and oxygen atoms in total. The second-order valence-electron chi connectivity index (χ2n) is 8.42. The second-order valence-corrected chi connectivity index (χ2v) is 8.42. The van der Waals surface area contributed by atoms with Gasteiger partial charge >= 0.3 is 5.97 Å². The predicted molar refractivity (Wildman–Crippen MR) is 101 cm³/mol. The quantitative estimate of drug-likeness (QED) is 0.834. The van der Waals surface area contributed by atoms with E-state index in [9.17, 15) is 15.2 Å². The van der Waals surface area contributed by atoms with Crippen molar-refractivity contribution in [1.29, 1.82) is 5.26 Å². The van der Waals surface area contributed by atoms with Crippen LogP contribution in [-0.2, 0) is 14.9 Å². The van der Waals surface area contributed by atoms with Crippen molar-refractivity contribution in [3.8, 4) is 17.6 Å². The van der Waals surface area contributed by atoms with E-state index in [1.807, 2.05) is 18.2 Å². The van der Waals surface area contributed by atoms with Crippen LogP contribution in [0.1, 0.15) is 44.1 Å². The zero-order valence-corrected chi connectivity index (χ0v) is 16.2. The maximum Gasteiger partial charge on any atom is 0.306 e. The summed E-state index contributed by atoms with van der Waals surface area (Å²) in [4.78, 5) is 11.3. The number of hydrogen-bond donors (Lipinski definition) is 1. The first-order valence-corrected chi connectivity index (χ1v) is 10.1. The molecule has 2 aliphatic carbocycles. The lowest BCUT2D eigenvalue weighted by Gasteiger charge is -2.27. The summed E-state index contributed by atoms with van der Waals surface area (Å²) in [5.74, 6) is 1.02. The highest BCUT2D eigenvalue weighted by atomic mass is 16.5. The fourth-order valence-corrected chi connectivity index (χ4v) is 5.32. The van der Waals surface area contributed by atoms with E-state index in [4.69, 9.17) is 14.2 Å². The molecule has 1 aromatic carbocycles. The molecule has 3 aliphatic rings. The van der Waals surface area contributed by atoms with Gasteiger partial charge in [-0.1, -0.05) is 6.07 Å². The van der Waals surface area contributed by atoms with Gasteiger partial charge in [-0.3, -0.25) is 4.79 Å². The molecular formula is C22H27NO5. The minimum atomic E-state index is -0.700. The first-order valence-electron chi connectivity index (χ1n) is 10.1. The molecule has 0 amide bonds. The third-order valence-corrected chi connectivity index (χ3v) is 6.80. The van der Waals surface area contributed by atoms with E-state index in [0.29, 0.717) is 49.4 Å². The molecule has 0 aromatic heterocycles. The number of fused-ring (bicyclic) bond motifs is 1. The first kappa shape index (κ1) is 19.1. The van der Waals surface area contributed by atoms with Crippen molar-refractivity contribution >= 4 is 5.97 Å². The van der Waals surface area contributed by atoms with Crippen LogP contribution in [0.2, 0.25) is 0 Å². The van der Waals surface area contributed by atoms with E-state index < -0.39 is 11.4 Å². The van der Waals surface area contributed by atoms with E-state index in [0.717, 1.165) is 31.2 Å². The van der Waals surface area contributed by atoms with E-state index in [2.05, 4.69) is 6.07 Å². The third kappa shape index (κ3) is 3.44. The molecule has 3 fully saturated rings. The number of benzene rings is 1. The number of rotatable bonds is 5. The Balaban J connectivity index is 1.57. The number of nitrogens with zero attached hydrogens (tertiary/aromatic N) is 1. The number of nitriles is 1. The van der Waals surface area contributed by atoms with Crippen LogP contribution in [0.4, 0.5) is 0 Å². The van der Waals surface area contributed by atoms with Gasteiger partial charge < -0.3 is 19.3 Å². The highest BCUT2D eigenvalue weighted by Gasteiger charge is 2.52. The molecule has 6 heteroatoms. The van der Waals surface area contributed by atoms with Crippen LogP contribution in [0.15, 0.2) is 18.2 Å². The van der Waals surface area contributed by atoms with Gasteiger partial charge in [0.2, 0.25) is 0 Å². The number of carbonyl (C=O) groups is 1. The first-order chi connectivity index (χ1) is 13.5. The van der Waals surface area contributed by atoms with Gasteiger partial charge in [0.15, 0.2) is 11.5 Å². The minimum absolute atomic E-state index is 0.0928. The Morgan fingerprint density at radius 1 is 1.21 bits per heavy atom. The molecule has 1 heterocycles. The fraction of sp³-hybridized carbons (Fsp3) is 0.636. The Hall–Kier alpha value is -2.26. The lowest BCUT2D eigenvalue weighted by molar-refractivity contribution is -0.141. The van der Waals surface area contributed by atoms with Crippen LogP contribution in [0, 0.1) is 29.1 Å².